The van der Waals surface area contributed by atoms with Crippen LogP contribution < -0.4 is 0 Å². The van der Waals surface area contributed by atoms with Gasteiger partial charge in [-0.05, 0) is 243 Å². The van der Waals surface area contributed by atoms with Crippen molar-refractivity contribution in [2.24, 2.45) is 0 Å². The average Bonchev–Trinajstić information content (AvgIpc) is 1.68. The zero-order valence-electron chi connectivity index (χ0n) is 78.9. The third kappa shape index (κ3) is 13.4. The van der Waals surface area contributed by atoms with Gasteiger partial charge in [0.25, 0.3) is 0 Å². The van der Waals surface area contributed by atoms with E-state index in [4.69, 9.17) is 34.3 Å². The number of aromatic nitrogens is 8. The third-order valence-electron chi connectivity index (χ3n) is 29.8. The van der Waals surface area contributed by atoms with Gasteiger partial charge in [-0.2, -0.15) is 10.5 Å². The van der Waals surface area contributed by atoms with E-state index in [1.807, 2.05) is 85.3 Å². The lowest BCUT2D eigenvalue weighted by Crippen LogP contribution is -1.94. The first kappa shape index (κ1) is 83.7. The monoisotopic (exact) mass is 1870 g/mol. The highest BCUT2D eigenvalue weighted by Crippen LogP contribution is 2.50. The zero-order chi connectivity index (χ0) is 97.0. The summed E-state index contributed by atoms with van der Waals surface area (Å²) >= 11 is 0. The average molecular weight is 1870 g/mol. The molecule has 0 saturated heterocycles. The van der Waals surface area contributed by atoms with E-state index in [-0.39, 0.29) is 0 Å². The van der Waals surface area contributed by atoms with Crippen LogP contribution in [0, 0.1) is 22.7 Å². The van der Waals surface area contributed by atoms with Crippen molar-refractivity contribution in [3.05, 3.63) is 485 Å². The number of rotatable bonds is 8. The van der Waals surface area contributed by atoms with Crippen LogP contribution in [-0.2, 0) is 0 Å². The molecule has 0 aliphatic heterocycles. The van der Waals surface area contributed by atoms with Crippen molar-refractivity contribution in [3.8, 4) is 90.7 Å². The van der Waals surface area contributed by atoms with Gasteiger partial charge in [0, 0.05) is 133 Å². The van der Waals surface area contributed by atoms with E-state index in [2.05, 4.69) is 410 Å². The van der Waals surface area contributed by atoms with Crippen LogP contribution >= 0.6 is 0 Å². The molecule has 0 atom stereocenters. The van der Waals surface area contributed by atoms with Crippen LogP contribution in [0.3, 0.4) is 0 Å². The SMILES string of the molecule is N#Cc1ccc2c(c1)c1cc(-c3cccc(-c4nc5c6ccccc6c6ccccc6c5c5ncccc45)c3)ccc1n2-c1ccccc1.N#Cc1ccc2c3cc(-c4cccc(-c5nc6c7ccccc7c7ccccc7c6c6ncccc56)c4)ccc3n(-c3ccccc3)c2c1.c1cc(-c2nc3c4ccccc4c4ccccc4c3c3ncccc23)cc(-c2cc3ccccc3c3c2oc2ccc4ccccc4c23)c1. The summed E-state index contributed by atoms with van der Waals surface area (Å²) in [7, 11) is 0. The van der Waals surface area contributed by atoms with Crippen molar-refractivity contribution >= 4 is 217 Å². The van der Waals surface area contributed by atoms with Gasteiger partial charge in [-0.1, -0.05) is 309 Å². The smallest absolute Gasteiger partial charge is 0.143 e. The van der Waals surface area contributed by atoms with E-state index in [1.165, 1.54) is 59.2 Å². The van der Waals surface area contributed by atoms with Crippen molar-refractivity contribution in [2.45, 2.75) is 0 Å². The molecule has 0 radical (unpaired) electrons. The molecule has 678 valence electrons. The maximum atomic E-state index is 9.75. The van der Waals surface area contributed by atoms with E-state index < -0.39 is 0 Å². The molecule has 0 unspecified atom stereocenters. The van der Waals surface area contributed by atoms with E-state index in [0.717, 1.165) is 236 Å². The van der Waals surface area contributed by atoms with Crippen molar-refractivity contribution in [1.82, 2.24) is 39.0 Å². The molecule has 0 aliphatic carbocycles. The molecule has 0 bridgehead atoms. The normalized spacial score (nSPS) is 11.8. The molecule has 31 aromatic rings. The Kier molecular flexibility index (Phi) is 19.2. The second-order valence-corrected chi connectivity index (χ2v) is 37.9. The standard InChI is InChI=1S/C46H26N2O.2C45H26N4/c1-3-15-31-27(11-1)22-23-39-40(31)41-32-16-4-2-12-29(32)26-38(46(41)49-39)28-13-9-14-30(25-28)43-37-21-10-24-47-44(37)42-35-19-7-5-17-33(35)34-18-6-8-20-36(34)45(42)48-43;46-27-28-19-21-35-39-26-30(20-22-40(39)49(41(35)24-28)32-12-2-1-3-13-32)29-10-8-11-31(25-29)43-38-18-9-23-47-44(38)42-36-16-6-4-14-33(36)34-15-5-7-17-37(34)45(42)48-43;46-27-28-19-21-40-38(24-28)39-26-30(20-22-41(39)49(40)32-12-2-1-3-13-32)29-10-8-11-31(25-29)43-37-18-9-23-47-44(37)42-35-16-6-4-14-33(35)34-15-5-7-17-36(34)45(42)48-43/h3*1-26H. The van der Waals surface area contributed by atoms with Crippen LogP contribution in [0.2, 0.25) is 0 Å². The van der Waals surface area contributed by atoms with E-state index >= 15 is 0 Å². The van der Waals surface area contributed by atoms with E-state index in [9.17, 15) is 10.5 Å². The Morgan fingerprint density at radius 2 is 0.537 bits per heavy atom. The van der Waals surface area contributed by atoms with Crippen LogP contribution in [0.15, 0.2) is 478 Å². The van der Waals surface area contributed by atoms with Crippen molar-refractivity contribution in [3.63, 3.8) is 0 Å². The van der Waals surface area contributed by atoms with Crippen LogP contribution in [0.5, 0.6) is 0 Å². The van der Waals surface area contributed by atoms with Crippen LogP contribution in [0.4, 0.5) is 0 Å². The Hall–Kier alpha value is -20.2. The number of para-hydroxylation sites is 2. The van der Waals surface area contributed by atoms with Gasteiger partial charge in [0.2, 0.25) is 0 Å². The minimum atomic E-state index is 0.644. The largest absolute Gasteiger partial charge is 0.455 e. The molecule has 0 spiro atoms. The minimum Gasteiger partial charge on any atom is -0.455 e. The predicted octanol–water partition coefficient (Wildman–Crippen LogP) is 35.4. The van der Waals surface area contributed by atoms with Gasteiger partial charge in [0.15, 0.2) is 0 Å². The number of hydrogen-bond donors (Lipinski definition) is 0. The van der Waals surface area contributed by atoms with Crippen LogP contribution in [-0.4, -0.2) is 39.0 Å². The van der Waals surface area contributed by atoms with Gasteiger partial charge < -0.3 is 13.6 Å². The van der Waals surface area contributed by atoms with Gasteiger partial charge in [-0.15, -0.1) is 0 Å². The Morgan fingerprint density at radius 1 is 0.197 bits per heavy atom. The predicted molar refractivity (Wildman–Crippen MR) is 609 cm³/mol. The van der Waals surface area contributed by atoms with Crippen molar-refractivity contribution in [1.29, 1.82) is 10.5 Å². The van der Waals surface area contributed by atoms with Crippen molar-refractivity contribution < 1.29 is 4.42 Å². The van der Waals surface area contributed by atoms with Gasteiger partial charge in [-0.25, -0.2) is 15.0 Å². The molecule has 9 aromatic heterocycles. The molecule has 22 aromatic carbocycles. The Bertz CT molecular complexity index is 11200. The fourth-order valence-electron chi connectivity index (χ4n) is 23.4. The fraction of sp³-hybridized carbons (Fsp3) is 0. The minimum absolute atomic E-state index is 0.644. The first-order valence-corrected chi connectivity index (χ1v) is 49.4. The summed E-state index contributed by atoms with van der Waals surface area (Å²) in [4.78, 5) is 31.4. The van der Waals surface area contributed by atoms with Gasteiger partial charge in [0.05, 0.1) is 95.5 Å². The number of nitrogens with zero attached hydrogens (tertiary/aromatic N) is 10. The second-order valence-electron chi connectivity index (χ2n) is 37.9. The lowest BCUT2D eigenvalue weighted by Gasteiger charge is -2.15. The number of nitriles is 2. The molecule has 147 heavy (non-hydrogen) atoms. The summed E-state index contributed by atoms with van der Waals surface area (Å²) in [5, 5.41) is 51.4. The molecular weight excluding hydrogens is 1790 g/mol. The summed E-state index contributed by atoms with van der Waals surface area (Å²) in [5.41, 5.74) is 27.8. The van der Waals surface area contributed by atoms with Gasteiger partial charge in [0.1, 0.15) is 11.2 Å². The lowest BCUT2D eigenvalue weighted by molar-refractivity contribution is 0.670. The Balaban J connectivity index is 0.000000104. The summed E-state index contributed by atoms with van der Waals surface area (Å²) in [6.07, 6.45) is 5.65. The Morgan fingerprint density at radius 3 is 1.00 bits per heavy atom. The maximum Gasteiger partial charge on any atom is 0.143 e. The highest BCUT2D eigenvalue weighted by Gasteiger charge is 2.27. The molecule has 9 heterocycles. The molecule has 0 fully saturated rings. The number of pyridine rings is 6. The molecule has 0 amide bonds. The topological polar surface area (TPSA) is 148 Å². The summed E-state index contributed by atoms with van der Waals surface area (Å²) in [6.45, 7) is 0. The van der Waals surface area contributed by atoms with E-state index in [0.29, 0.717) is 11.1 Å². The van der Waals surface area contributed by atoms with E-state index in [1.54, 1.807) is 0 Å². The molecule has 11 heteroatoms. The van der Waals surface area contributed by atoms with Crippen LogP contribution in [0.1, 0.15) is 11.1 Å². The van der Waals surface area contributed by atoms with Gasteiger partial charge >= 0.3 is 0 Å². The number of benzene rings is 22. The summed E-state index contributed by atoms with van der Waals surface area (Å²) < 4.78 is 11.3. The summed E-state index contributed by atoms with van der Waals surface area (Å²) in [5.74, 6) is 0. The first-order chi connectivity index (χ1) is 72.8. The molecule has 0 saturated carbocycles. The lowest BCUT2D eigenvalue weighted by atomic mass is 9.92. The fourth-order valence-corrected chi connectivity index (χ4v) is 23.4. The highest BCUT2D eigenvalue weighted by molar-refractivity contribution is 6.35. The van der Waals surface area contributed by atoms with Gasteiger partial charge in [-0.3, -0.25) is 15.0 Å². The highest BCUT2D eigenvalue weighted by atomic mass is 16.3. The Labute approximate surface area is 840 Å². The number of furan rings is 1. The van der Waals surface area contributed by atoms with Crippen LogP contribution in [0.25, 0.3) is 296 Å². The molecule has 0 N–H and O–H groups in total. The summed E-state index contributed by atoms with van der Waals surface area (Å²) in [6, 6.07) is 164. The number of fused-ring (bicyclic) bond motifs is 37. The number of hydrogen-bond acceptors (Lipinski definition) is 9. The third-order valence-corrected chi connectivity index (χ3v) is 29.8. The maximum absolute atomic E-state index is 9.75. The molecule has 0 aliphatic rings. The van der Waals surface area contributed by atoms with Crippen molar-refractivity contribution in [2.75, 3.05) is 0 Å². The molecular formula is C136H78N10O. The quantitative estimate of drug-likeness (QED) is 0.136. The molecule has 31 rings (SSSR count). The zero-order valence-corrected chi connectivity index (χ0v) is 78.9. The second kappa shape index (κ2) is 33.8. The molecule has 11 nitrogen and oxygen atoms in total. The first-order valence-electron chi connectivity index (χ1n) is 49.4.